The number of halogens is 1. The van der Waals surface area contributed by atoms with Crippen molar-refractivity contribution in [1.82, 2.24) is 0 Å². The molecule has 90 valence electrons. The average Bonchev–Trinajstić information content (AvgIpc) is 2.17. The van der Waals surface area contributed by atoms with Crippen LogP contribution >= 0.6 is 15.9 Å². The third kappa shape index (κ3) is 3.57. The molecule has 0 unspecified atom stereocenters. The van der Waals surface area contributed by atoms with E-state index in [1.54, 1.807) is 38.1 Å². The number of aliphatic hydroxyl groups is 1. The van der Waals surface area contributed by atoms with Crippen molar-refractivity contribution >= 4 is 25.8 Å². The van der Waals surface area contributed by atoms with E-state index in [1.807, 2.05) is 0 Å². The first-order valence-electron chi connectivity index (χ1n) is 4.86. The molecule has 0 fully saturated rings. The molecule has 1 aromatic carbocycles. The van der Waals surface area contributed by atoms with E-state index in [4.69, 9.17) is 5.11 Å². The van der Waals surface area contributed by atoms with E-state index in [1.165, 1.54) is 0 Å². The molecule has 0 saturated heterocycles. The monoisotopic (exact) mass is 306 g/mol. The number of benzene rings is 1. The van der Waals surface area contributed by atoms with E-state index in [2.05, 4.69) is 15.9 Å². The van der Waals surface area contributed by atoms with Crippen LogP contribution in [0.15, 0.2) is 33.6 Å². The molecular weight excluding hydrogens is 292 g/mol. The maximum Gasteiger partial charge on any atom is 0.178 e. The van der Waals surface area contributed by atoms with Crippen molar-refractivity contribution in [2.75, 3.05) is 12.4 Å². The smallest absolute Gasteiger partial charge is 0.178 e. The molecular formula is C11H15BrO3S. The van der Waals surface area contributed by atoms with Gasteiger partial charge in [-0.25, -0.2) is 8.42 Å². The van der Waals surface area contributed by atoms with Crippen LogP contribution in [0.2, 0.25) is 0 Å². The minimum atomic E-state index is -3.33. The predicted octanol–water partition coefficient (Wildman–Crippen LogP) is 2.24. The molecule has 3 nitrogen and oxygen atoms in total. The van der Waals surface area contributed by atoms with Gasteiger partial charge < -0.3 is 5.11 Å². The van der Waals surface area contributed by atoms with E-state index in [0.717, 1.165) is 4.47 Å². The van der Waals surface area contributed by atoms with Crippen molar-refractivity contribution in [2.45, 2.75) is 18.7 Å². The first-order valence-corrected chi connectivity index (χ1v) is 7.31. The fraction of sp³-hybridized carbons (Fsp3) is 0.455. The Kier molecular flexibility index (Phi) is 4.15. The standard InChI is InChI=1S/C11H15BrO3S/c1-11(2,7-13)8-16(14,15)10-5-3-9(12)4-6-10/h3-6,13H,7-8H2,1-2H3. The average molecular weight is 307 g/mol. The summed E-state index contributed by atoms with van der Waals surface area (Å²) in [6.07, 6.45) is 0. The van der Waals surface area contributed by atoms with Crippen LogP contribution in [0.3, 0.4) is 0 Å². The van der Waals surface area contributed by atoms with Crippen molar-refractivity contribution < 1.29 is 13.5 Å². The number of hydrogen-bond acceptors (Lipinski definition) is 3. The molecule has 0 spiro atoms. The lowest BCUT2D eigenvalue weighted by Crippen LogP contribution is -2.27. The van der Waals surface area contributed by atoms with Gasteiger partial charge in [0.25, 0.3) is 0 Å². The highest BCUT2D eigenvalue weighted by Gasteiger charge is 2.26. The molecule has 1 rings (SSSR count). The second-order valence-electron chi connectivity index (χ2n) is 4.54. The minimum absolute atomic E-state index is 0.0574. The lowest BCUT2D eigenvalue weighted by molar-refractivity contribution is 0.179. The molecule has 0 atom stereocenters. The third-order valence-corrected chi connectivity index (χ3v) is 4.86. The Morgan fingerprint density at radius 3 is 2.19 bits per heavy atom. The van der Waals surface area contributed by atoms with E-state index in [-0.39, 0.29) is 17.3 Å². The van der Waals surface area contributed by atoms with Gasteiger partial charge in [0.05, 0.1) is 10.6 Å². The summed E-state index contributed by atoms with van der Waals surface area (Å²) in [5, 5.41) is 9.08. The lowest BCUT2D eigenvalue weighted by Gasteiger charge is -2.21. The van der Waals surface area contributed by atoms with E-state index in [9.17, 15) is 8.42 Å². The van der Waals surface area contributed by atoms with Gasteiger partial charge in [-0.2, -0.15) is 0 Å². The number of hydrogen-bond donors (Lipinski definition) is 1. The molecule has 16 heavy (non-hydrogen) atoms. The van der Waals surface area contributed by atoms with Crippen molar-refractivity contribution in [1.29, 1.82) is 0 Å². The zero-order chi connectivity index (χ0) is 12.4. The van der Waals surface area contributed by atoms with Crippen molar-refractivity contribution in [3.05, 3.63) is 28.7 Å². The van der Waals surface area contributed by atoms with Gasteiger partial charge >= 0.3 is 0 Å². The summed E-state index contributed by atoms with van der Waals surface area (Å²) in [5.41, 5.74) is -0.619. The molecule has 5 heteroatoms. The lowest BCUT2D eigenvalue weighted by atomic mass is 9.98. The largest absolute Gasteiger partial charge is 0.396 e. The minimum Gasteiger partial charge on any atom is -0.396 e. The summed E-state index contributed by atoms with van der Waals surface area (Å²) in [4.78, 5) is 0.289. The summed E-state index contributed by atoms with van der Waals surface area (Å²) >= 11 is 3.25. The van der Waals surface area contributed by atoms with Crippen LogP contribution in [0, 0.1) is 5.41 Å². The first-order chi connectivity index (χ1) is 7.27. The topological polar surface area (TPSA) is 54.4 Å². The maximum absolute atomic E-state index is 12.0. The molecule has 0 aromatic heterocycles. The van der Waals surface area contributed by atoms with Crippen LogP contribution in [0.5, 0.6) is 0 Å². The Morgan fingerprint density at radius 1 is 1.25 bits per heavy atom. The van der Waals surface area contributed by atoms with Gasteiger partial charge in [0, 0.05) is 16.5 Å². The Bertz CT molecular complexity index is 449. The number of sulfone groups is 1. The second-order valence-corrected chi connectivity index (χ2v) is 7.44. The highest BCUT2D eigenvalue weighted by Crippen LogP contribution is 2.23. The molecule has 0 aliphatic heterocycles. The molecule has 0 aliphatic rings. The van der Waals surface area contributed by atoms with Gasteiger partial charge in [-0.05, 0) is 24.3 Å². The Hall–Kier alpha value is -0.390. The van der Waals surface area contributed by atoms with Crippen molar-refractivity contribution in [2.24, 2.45) is 5.41 Å². The molecule has 1 N–H and O–H groups in total. The molecule has 0 heterocycles. The van der Waals surface area contributed by atoms with Gasteiger partial charge in [-0.3, -0.25) is 0 Å². The predicted molar refractivity (Wildman–Crippen MR) is 67.1 cm³/mol. The molecule has 0 aliphatic carbocycles. The molecule has 0 radical (unpaired) electrons. The fourth-order valence-corrected chi connectivity index (χ4v) is 3.39. The normalized spacial score (nSPS) is 12.8. The first kappa shape index (κ1) is 13.7. The van der Waals surface area contributed by atoms with E-state index < -0.39 is 15.3 Å². The molecule has 0 bridgehead atoms. The highest BCUT2D eigenvalue weighted by atomic mass is 79.9. The SMILES string of the molecule is CC(C)(CO)CS(=O)(=O)c1ccc(Br)cc1. The Balaban J connectivity index is 2.99. The molecule has 0 amide bonds. The summed E-state index contributed by atoms with van der Waals surface area (Å²) in [6.45, 7) is 3.30. The van der Waals surface area contributed by atoms with Crippen LogP contribution in [-0.4, -0.2) is 25.9 Å². The van der Waals surface area contributed by atoms with Crippen molar-refractivity contribution in [3.63, 3.8) is 0 Å². The quantitative estimate of drug-likeness (QED) is 0.928. The Morgan fingerprint density at radius 2 is 1.75 bits per heavy atom. The summed E-state index contributed by atoms with van der Waals surface area (Å²) in [7, 11) is -3.33. The molecule has 0 saturated carbocycles. The summed E-state index contributed by atoms with van der Waals surface area (Å²) in [5.74, 6) is -0.0574. The van der Waals surface area contributed by atoms with Gasteiger partial charge in [0.1, 0.15) is 0 Å². The summed E-state index contributed by atoms with van der Waals surface area (Å²) < 4.78 is 24.8. The van der Waals surface area contributed by atoms with E-state index in [0.29, 0.717) is 0 Å². The molecule has 1 aromatic rings. The zero-order valence-electron chi connectivity index (χ0n) is 9.27. The maximum atomic E-state index is 12.0. The van der Waals surface area contributed by atoms with Crippen LogP contribution in [0.25, 0.3) is 0 Å². The fourth-order valence-electron chi connectivity index (χ4n) is 1.29. The Labute approximate surface area is 105 Å². The van der Waals surface area contributed by atoms with Crippen LogP contribution in [-0.2, 0) is 9.84 Å². The van der Waals surface area contributed by atoms with Gasteiger partial charge in [0.2, 0.25) is 0 Å². The van der Waals surface area contributed by atoms with Crippen LogP contribution in [0.1, 0.15) is 13.8 Å². The van der Waals surface area contributed by atoms with E-state index >= 15 is 0 Å². The number of rotatable bonds is 4. The third-order valence-electron chi connectivity index (χ3n) is 2.18. The van der Waals surface area contributed by atoms with Crippen LogP contribution in [0.4, 0.5) is 0 Å². The van der Waals surface area contributed by atoms with Crippen LogP contribution < -0.4 is 0 Å². The van der Waals surface area contributed by atoms with Gasteiger partial charge in [-0.15, -0.1) is 0 Å². The van der Waals surface area contributed by atoms with Gasteiger partial charge in [0.15, 0.2) is 9.84 Å². The van der Waals surface area contributed by atoms with Gasteiger partial charge in [-0.1, -0.05) is 29.8 Å². The van der Waals surface area contributed by atoms with Crippen molar-refractivity contribution in [3.8, 4) is 0 Å². The zero-order valence-corrected chi connectivity index (χ0v) is 11.7. The summed E-state index contributed by atoms with van der Waals surface area (Å²) in [6, 6.07) is 6.51. The highest BCUT2D eigenvalue weighted by molar-refractivity contribution is 9.10. The second kappa shape index (κ2) is 4.85. The number of aliphatic hydroxyl groups excluding tert-OH is 1.